The molecule has 1 aromatic rings. The van der Waals surface area contributed by atoms with Crippen LogP contribution in [0.4, 0.5) is 24.5 Å². The van der Waals surface area contributed by atoms with Gasteiger partial charge in [0.1, 0.15) is 12.4 Å². The number of piperazine rings is 1. The van der Waals surface area contributed by atoms with E-state index in [1.165, 1.54) is 0 Å². The van der Waals surface area contributed by atoms with Crippen molar-refractivity contribution in [3.05, 3.63) is 18.2 Å². The zero-order chi connectivity index (χ0) is 15.2. The van der Waals surface area contributed by atoms with Crippen LogP contribution in [0.1, 0.15) is 0 Å². The smallest absolute Gasteiger partial charge is 0.471 e. The number of benzene rings is 1. The minimum Gasteiger partial charge on any atom is -0.489 e. The Morgan fingerprint density at radius 2 is 2.10 bits per heavy atom. The lowest BCUT2D eigenvalue weighted by molar-refractivity contribution is -0.186. The Bertz CT molecular complexity index is 576. The maximum atomic E-state index is 12.5. The fraction of sp³-hybridized carbons (Fsp3) is 0.462. The summed E-state index contributed by atoms with van der Waals surface area (Å²) in [7, 11) is 0. The summed E-state index contributed by atoms with van der Waals surface area (Å²) in [6.07, 6.45) is -4.83. The third-order valence-corrected chi connectivity index (χ3v) is 3.74. The minimum atomic E-state index is -4.83. The van der Waals surface area contributed by atoms with E-state index in [0.29, 0.717) is 18.0 Å². The summed E-state index contributed by atoms with van der Waals surface area (Å²) >= 11 is 0. The van der Waals surface area contributed by atoms with Crippen molar-refractivity contribution in [3.63, 3.8) is 0 Å². The Balaban J connectivity index is 1.79. The Hall–Kier alpha value is -2.12. The zero-order valence-electron chi connectivity index (χ0n) is 11.1. The van der Waals surface area contributed by atoms with Crippen molar-refractivity contribution in [1.82, 2.24) is 4.90 Å². The summed E-state index contributed by atoms with van der Waals surface area (Å²) in [6.45, 7) is 0.617. The minimum absolute atomic E-state index is 0.00214. The van der Waals surface area contributed by atoms with Gasteiger partial charge in [-0.3, -0.25) is 4.79 Å². The van der Waals surface area contributed by atoms with Crippen LogP contribution in [0.3, 0.4) is 0 Å². The number of nitrogens with two attached hydrogens (primary N) is 1. The SMILES string of the molecule is Nc1ccc2c(c1)OC[C@H]1CN(C(=O)C(F)(F)F)CCN21. The van der Waals surface area contributed by atoms with E-state index in [9.17, 15) is 18.0 Å². The topological polar surface area (TPSA) is 58.8 Å². The van der Waals surface area contributed by atoms with Crippen molar-refractivity contribution in [2.45, 2.75) is 12.2 Å². The van der Waals surface area contributed by atoms with Gasteiger partial charge in [-0.25, -0.2) is 0 Å². The zero-order valence-corrected chi connectivity index (χ0v) is 11.1. The predicted octanol–water partition coefficient (Wildman–Crippen LogP) is 1.24. The number of nitrogen functional groups attached to an aromatic ring is 1. The van der Waals surface area contributed by atoms with Crippen LogP contribution >= 0.6 is 0 Å². The maximum Gasteiger partial charge on any atom is 0.471 e. The highest BCUT2D eigenvalue weighted by Gasteiger charge is 2.45. The molecule has 114 valence electrons. The number of halogens is 3. The molecule has 0 aliphatic carbocycles. The second kappa shape index (κ2) is 4.71. The molecular weight excluding hydrogens is 287 g/mol. The molecule has 0 radical (unpaired) electrons. The first-order valence-corrected chi connectivity index (χ1v) is 6.51. The Kier molecular flexibility index (Phi) is 3.11. The molecule has 0 unspecified atom stereocenters. The fourth-order valence-electron chi connectivity index (χ4n) is 2.75. The number of fused-ring (bicyclic) bond motifs is 3. The summed E-state index contributed by atoms with van der Waals surface area (Å²) in [5.41, 5.74) is 7.06. The molecule has 8 heteroatoms. The maximum absolute atomic E-state index is 12.5. The number of amides is 1. The standard InChI is InChI=1S/C13H14F3N3O2/c14-13(15,16)12(20)18-3-4-19-9(6-18)7-21-11-5-8(17)1-2-10(11)19/h1-2,5,9H,3-4,6-7,17H2/t9-/m1/s1. The van der Waals surface area contributed by atoms with E-state index in [-0.39, 0.29) is 25.7 Å². The number of anilines is 2. The molecule has 1 amide bonds. The quantitative estimate of drug-likeness (QED) is 0.733. The number of ether oxygens (including phenoxy) is 1. The van der Waals surface area contributed by atoms with Crippen LogP contribution in [0, 0.1) is 0 Å². The summed E-state index contributed by atoms with van der Waals surface area (Å²) in [4.78, 5) is 14.1. The first-order valence-electron chi connectivity index (χ1n) is 6.51. The number of rotatable bonds is 0. The van der Waals surface area contributed by atoms with E-state index in [0.717, 1.165) is 10.6 Å². The van der Waals surface area contributed by atoms with Crippen molar-refractivity contribution in [3.8, 4) is 5.75 Å². The first kappa shape index (κ1) is 13.8. The fourth-order valence-corrected chi connectivity index (χ4v) is 2.75. The number of carbonyl (C=O) groups is 1. The summed E-state index contributed by atoms with van der Waals surface area (Å²) in [6, 6.07) is 4.93. The van der Waals surface area contributed by atoms with E-state index in [4.69, 9.17) is 10.5 Å². The van der Waals surface area contributed by atoms with Crippen LogP contribution in [0.25, 0.3) is 0 Å². The third-order valence-electron chi connectivity index (χ3n) is 3.74. The molecule has 2 N–H and O–H groups in total. The van der Waals surface area contributed by atoms with E-state index < -0.39 is 12.1 Å². The molecular formula is C13H14F3N3O2. The lowest BCUT2D eigenvalue weighted by atomic mass is 10.1. The second-order valence-electron chi connectivity index (χ2n) is 5.13. The van der Waals surface area contributed by atoms with Crippen molar-refractivity contribution >= 4 is 17.3 Å². The van der Waals surface area contributed by atoms with Gasteiger partial charge < -0.3 is 20.3 Å². The summed E-state index contributed by atoms with van der Waals surface area (Å²) < 4.78 is 43.0. The van der Waals surface area contributed by atoms with Gasteiger partial charge in [0.2, 0.25) is 0 Å². The molecule has 1 aromatic carbocycles. The Labute approximate surface area is 119 Å². The average Bonchev–Trinajstić information content (AvgIpc) is 2.44. The van der Waals surface area contributed by atoms with E-state index in [1.54, 1.807) is 18.2 Å². The van der Waals surface area contributed by atoms with E-state index >= 15 is 0 Å². The summed E-state index contributed by atoms with van der Waals surface area (Å²) in [5, 5.41) is 0. The molecule has 21 heavy (non-hydrogen) atoms. The molecule has 0 aromatic heterocycles. The van der Waals surface area contributed by atoms with Crippen LogP contribution < -0.4 is 15.4 Å². The molecule has 3 rings (SSSR count). The first-order chi connectivity index (χ1) is 9.86. The molecule has 1 atom stereocenters. The number of nitrogens with zero attached hydrogens (tertiary/aromatic N) is 2. The lowest BCUT2D eigenvalue weighted by Crippen LogP contribution is -2.60. The second-order valence-corrected chi connectivity index (χ2v) is 5.13. The van der Waals surface area contributed by atoms with Crippen LogP contribution in [0.15, 0.2) is 18.2 Å². The van der Waals surface area contributed by atoms with E-state index in [1.807, 2.05) is 4.90 Å². The molecule has 2 heterocycles. The molecule has 2 aliphatic rings. The Morgan fingerprint density at radius 1 is 1.33 bits per heavy atom. The van der Waals surface area contributed by atoms with Gasteiger partial charge in [0.25, 0.3) is 0 Å². The number of hydrogen-bond acceptors (Lipinski definition) is 4. The highest BCUT2D eigenvalue weighted by Crippen LogP contribution is 2.37. The molecule has 2 aliphatic heterocycles. The molecule has 0 bridgehead atoms. The van der Waals surface area contributed by atoms with Gasteiger partial charge in [-0.1, -0.05) is 0 Å². The predicted molar refractivity (Wildman–Crippen MR) is 70.1 cm³/mol. The average molecular weight is 301 g/mol. The molecule has 5 nitrogen and oxygen atoms in total. The van der Waals surface area contributed by atoms with Gasteiger partial charge in [-0.15, -0.1) is 0 Å². The Morgan fingerprint density at radius 3 is 2.81 bits per heavy atom. The third kappa shape index (κ3) is 2.45. The molecule has 0 spiro atoms. The van der Waals surface area contributed by atoms with Crippen molar-refractivity contribution in [1.29, 1.82) is 0 Å². The van der Waals surface area contributed by atoms with Gasteiger partial charge in [0.05, 0.1) is 11.7 Å². The highest BCUT2D eigenvalue weighted by atomic mass is 19.4. The van der Waals surface area contributed by atoms with E-state index in [2.05, 4.69) is 0 Å². The molecule has 1 saturated heterocycles. The van der Waals surface area contributed by atoms with Crippen LogP contribution in [-0.2, 0) is 4.79 Å². The van der Waals surface area contributed by atoms with Crippen molar-refractivity contribution in [2.75, 3.05) is 36.9 Å². The van der Waals surface area contributed by atoms with Crippen LogP contribution in [-0.4, -0.2) is 49.3 Å². The lowest BCUT2D eigenvalue weighted by Gasteiger charge is -2.45. The van der Waals surface area contributed by atoms with Crippen LogP contribution in [0.2, 0.25) is 0 Å². The normalized spacial score (nSPS) is 21.4. The van der Waals surface area contributed by atoms with Gasteiger partial charge in [0.15, 0.2) is 0 Å². The van der Waals surface area contributed by atoms with Crippen molar-refractivity contribution < 1.29 is 22.7 Å². The summed E-state index contributed by atoms with van der Waals surface area (Å²) in [5.74, 6) is -1.16. The molecule has 0 saturated carbocycles. The monoisotopic (exact) mass is 301 g/mol. The largest absolute Gasteiger partial charge is 0.489 e. The molecule has 1 fully saturated rings. The van der Waals surface area contributed by atoms with Gasteiger partial charge in [-0.2, -0.15) is 13.2 Å². The van der Waals surface area contributed by atoms with Gasteiger partial charge in [0, 0.05) is 31.4 Å². The van der Waals surface area contributed by atoms with Crippen molar-refractivity contribution in [2.24, 2.45) is 0 Å². The van der Waals surface area contributed by atoms with Crippen LogP contribution in [0.5, 0.6) is 5.75 Å². The number of alkyl halides is 3. The van der Waals surface area contributed by atoms with Gasteiger partial charge >= 0.3 is 12.1 Å². The number of hydrogen-bond donors (Lipinski definition) is 1. The van der Waals surface area contributed by atoms with Gasteiger partial charge in [-0.05, 0) is 12.1 Å². The number of carbonyl (C=O) groups excluding carboxylic acids is 1. The highest BCUT2D eigenvalue weighted by molar-refractivity contribution is 5.82.